The maximum Gasteiger partial charge on any atom is 0.216 e. The largest absolute Gasteiger partial charge is 0.496 e. The highest BCUT2D eigenvalue weighted by molar-refractivity contribution is 5.97. The molecule has 1 aromatic rings. The van der Waals surface area contributed by atoms with E-state index in [9.17, 15) is 9.59 Å². The Bertz CT molecular complexity index is 458. The van der Waals surface area contributed by atoms with E-state index in [4.69, 9.17) is 4.74 Å². The topological polar surface area (TPSA) is 67.4 Å². The van der Waals surface area contributed by atoms with Crippen LogP contribution in [0.3, 0.4) is 0 Å². The molecule has 0 saturated heterocycles. The maximum atomic E-state index is 11.9. The molecule has 0 unspecified atom stereocenters. The van der Waals surface area contributed by atoms with Gasteiger partial charge in [0.25, 0.3) is 0 Å². The molecule has 1 amide bonds. The SMILES string of the molecule is COc1ccc(C(=O)CNCCNC(C)=O)cc1C. The van der Waals surface area contributed by atoms with E-state index in [0.29, 0.717) is 18.7 Å². The Labute approximate surface area is 113 Å². The van der Waals surface area contributed by atoms with Gasteiger partial charge in [-0.15, -0.1) is 0 Å². The van der Waals surface area contributed by atoms with Gasteiger partial charge in [0.15, 0.2) is 5.78 Å². The zero-order chi connectivity index (χ0) is 14.3. The molecule has 0 fully saturated rings. The second-order valence-electron chi connectivity index (χ2n) is 4.27. The number of amides is 1. The Hall–Kier alpha value is -1.88. The maximum absolute atomic E-state index is 11.9. The second-order valence-corrected chi connectivity index (χ2v) is 4.27. The van der Waals surface area contributed by atoms with Crippen molar-refractivity contribution >= 4 is 11.7 Å². The summed E-state index contributed by atoms with van der Waals surface area (Å²) in [7, 11) is 1.60. The van der Waals surface area contributed by atoms with Crippen LogP contribution in [-0.2, 0) is 4.79 Å². The minimum absolute atomic E-state index is 0.0218. The van der Waals surface area contributed by atoms with Gasteiger partial charge < -0.3 is 15.4 Å². The summed E-state index contributed by atoms with van der Waals surface area (Å²) in [6, 6.07) is 5.36. The molecular weight excluding hydrogens is 244 g/mol. The number of benzene rings is 1. The van der Waals surface area contributed by atoms with Crippen LogP contribution >= 0.6 is 0 Å². The van der Waals surface area contributed by atoms with E-state index in [-0.39, 0.29) is 18.2 Å². The van der Waals surface area contributed by atoms with Gasteiger partial charge in [-0.25, -0.2) is 0 Å². The highest BCUT2D eigenvalue weighted by atomic mass is 16.5. The first-order valence-electron chi connectivity index (χ1n) is 6.17. The minimum Gasteiger partial charge on any atom is -0.496 e. The quantitative estimate of drug-likeness (QED) is 0.567. The fourth-order valence-electron chi connectivity index (χ4n) is 1.68. The first-order chi connectivity index (χ1) is 9.04. The highest BCUT2D eigenvalue weighted by Gasteiger charge is 2.07. The standard InChI is InChI=1S/C14H20N2O3/c1-10-8-12(4-5-14(10)19-3)13(18)9-15-6-7-16-11(2)17/h4-5,8,15H,6-7,9H2,1-3H3,(H,16,17). The normalized spacial score (nSPS) is 10.1. The molecule has 19 heavy (non-hydrogen) atoms. The predicted octanol–water partition coefficient (Wildman–Crippen LogP) is 0.912. The van der Waals surface area contributed by atoms with Gasteiger partial charge in [0.05, 0.1) is 13.7 Å². The molecule has 1 aromatic carbocycles. The molecule has 2 N–H and O–H groups in total. The number of carbonyl (C=O) groups is 2. The number of hydrogen-bond donors (Lipinski definition) is 2. The number of rotatable bonds is 7. The number of methoxy groups -OCH3 is 1. The van der Waals surface area contributed by atoms with Crippen LogP contribution in [0.1, 0.15) is 22.8 Å². The number of carbonyl (C=O) groups excluding carboxylic acids is 2. The lowest BCUT2D eigenvalue weighted by Crippen LogP contribution is -2.32. The molecule has 0 bridgehead atoms. The lowest BCUT2D eigenvalue weighted by molar-refractivity contribution is -0.118. The van der Waals surface area contributed by atoms with E-state index in [1.54, 1.807) is 19.2 Å². The lowest BCUT2D eigenvalue weighted by atomic mass is 10.1. The lowest BCUT2D eigenvalue weighted by Gasteiger charge is -2.08. The summed E-state index contributed by atoms with van der Waals surface area (Å²) in [6.07, 6.45) is 0. The number of nitrogens with one attached hydrogen (secondary N) is 2. The molecule has 0 saturated carbocycles. The molecule has 0 heterocycles. The summed E-state index contributed by atoms with van der Waals surface area (Å²) in [6.45, 7) is 4.71. The van der Waals surface area contributed by atoms with Gasteiger partial charge in [0.2, 0.25) is 5.91 Å². The fourth-order valence-corrected chi connectivity index (χ4v) is 1.68. The highest BCUT2D eigenvalue weighted by Crippen LogP contribution is 2.18. The summed E-state index contributed by atoms with van der Waals surface area (Å²) >= 11 is 0. The number of hydrogen-bond acceptors (Lipinski definition) is 4. The second kappa shape index (κ2) is 7.53. The Balaban J connectivity index is 2.41. The van der Waals surface area contributed by atoms with Crippen LogP contribution in [0.25, 0.3) is 0 Å². The van der Waals surface area contributed by atoms with Crippen LogP contribution in [-0.4, -0.2) is 38.4 Å². The van der Waals surface area contributed by atoms with Crippen molar-refractivity contribution in [2.45, 2.75) is 13.8 Å². The Morgan fingerprint density at radius 1 is 1.26 bits per heavy atom. The molecule has 0 aromatic heterocycles. The van der Waals surface area contributed by atoms with Gasteiger partial charge in [-0.3, -0.25) is 9.59 Å². The Morgan fingerprint density at radius 3 is 2.58 bits per heavy atom. The number of ether oxygens (including phenoxy) is 1. The summed E-state index contributed by atoms with van der Waals surface area (Å²) in [4.78, 5) is 22.5. The molecule has 0 aliphatic rings. The molecule has 5 heteroatoms. The van der Waals surface area contributed by atoms with Gasteiger partial charge in [-0.2, -0.15) is 0 Å². The zero-order valence-electron chi connectivity index (χ0n) is 11.6. The molecule has 0 radical (unpaired) electrons. The van der Waals surface area contributed by atoms with Crippen molar-refractivity contribution in [1.82, 2.24) is 10.6 Å². The number of aryl methyl sites for hydroxylation is 1. The van der Waals surface area contributed by atoms with E-state index in [0.717, 1.165) is 11.3 Å². The van der Waals surface area contributed by atoms with E-state index in [2.05, 4.69) is 10.6 Å². The zero-order valence-corrected chi connectivity index (χ0v) is 11.6. The summed E-state index contributed by atoms with van der Waals surface area (Å²) in [5.41, 5.74) is 1.59. The summed E-state index contributed by atoms with van der Waals surface area (Å²) in [5, 5.41) is 5.65. The first kappa shape index (κ1) is 15.2. The minimum atomic E-state index is -0.0705. The van der Waals surface area contributed by atoms with Crippen LogP contribution in [0.4, 0.5) is 0 Å². The van der Waals surface area contributed by atoms with Gasteiger partial charge in [0, 0.05) is 25.6 Å². The third-order valence-corrected chi connectivity index (χ3v) is 2.68. The van der Waals surface area contributed by atoms with Crippen LogP contribution < -0.4 is 15.4 Å². The third-order valence-electron chi connectivity index (χ3n) is 2.68. The van der Waals surface area contributed by atoms with Crippen molar-refractivity contribution in [2.24, 2.45) is 0 Å². The molecule has 0 aliphatic heterocycles. The third kappa shape index (κ3) is 5.09. The monoisotopic (exact) mass is 264 g/mol. The van der Waals surface area contributed by atoms with Crippen molar-refractivity contribution in [2.75, 3.05) is 26.7 Å². The molecule has 0 atom stereocenters. The molecule has 0 aliphatic carbocycles. The van der Waals surface area contributed by atoms with Gasteiger partial charge in [-0.1, -0.05) is 0 Å². The van der Waals surface area contributed by atoms with Crippen LogP contribution in [0.15, 0.2) is 18.2 Å². The van der Waals surface area contributed by atoms with E-state index < -0.39 is 0 Å². The van der Waals surface area contributed by atoms with Gasteiger partial charge in [-0.05, 0) is 30.7 Å². The fraction of sp³-hybridized carbons (Fsp3) is 0.429. The smallest absolute Gasteiger partial charge is 0.216 e. The average molecular weight is 264 g/mol. The van der Waals surface area contributed by atoms with Gasteiger partial charge in [0.1, 0.15) is 5.75 Å². The van der Waals surface area contributed by atoms with Crippen molar-refractivity contribution in [3.05, 3.63) is 29.3 Å². The first-order valence-corrected chi connectivity index (χ1v) is 6.17. The number of Topliss-reactive ketones (excluding diaryl/α,β-unsaturated/α-hetero) is 1. The van der Waals surface area contributed by atoms with Crippen molar-refractivity contribution in [3.63, 3.8) is 0 Å². The molecule has 1 rings (SSSR count). The average Bonchev–Trinajstić information content (AvgIpc) is 2.37. The van der Waals surface area contributed by atoms with Gasteiger partial charge >= 0.3 is 0 Å². The molecule has 5 nitrogen and oxygen atoms in total. The Morgan fingerprint density at radius 2 is 2.00 bits per heavy atom. The number of ketones is 1. The molecule has 0 spiro atoms. The van der Waals surface area contributed by atoms with E-state index in [1.807, 2.05) is 13.0 Å². The molecule has 104 valence electrons. The van der Waals surface area contributed by atoms with Crippen molar-refractivity contribution < 1.29 is 14.3 Å². The van der Waals surface area contributed by atoms with Crippen LogP contribution in [0.5, 0.6) is 5.75 Å². The van der Waals surface area contributed by atoms with Crippen LogP contribution in [0.2, 0.25) is 0 Å². The van der Waals surface area contributed by atoms with Crippen molar-refractivity contribution in [3.8, 4) is 5.75 Å². The van der Waals surface area contributed by atoms with Crippen molar-refractivity contribution in [1.29, 1.82) is 0 Å². The summed E-state index contributed by atoms with van der Waals surface area (Å²) < 4.78 is 5.15. The van der Waals surface area contributed by atoms with E-state index in [1.165, 1.54) is 6.92 Å². The Kier molecular flexibility index (Phi) is 6.02. The van der Waals surface area contributed by atoms with E-state index >= 15 is 0 Å². The molecular formula is C14H20N2O3. The predicted molar refractivity (Wildman–Crippen MR) is 73.6 cm³/mol. The summed E-state index contributed by atoms with van der Waals surface area (Å²) in [5.74, 6) is 0.725. The van der Waals surface area contributed by atoms with Crippen LogP contribution in [0, 0.1) is 6.92 Å².